The number of amides is 1. The van der Waals surface area contributed by atoms with Crippen molar-refractivity contribution in [1.29, 1.82) is 0 Å². The number of hydrogen-bond donors (Lipinski definition) is 1. The first-order chi connectivity index (χ1) is 13.5. The smallest absolute Gasteiger partial charge is 0.331 e. The second-order valence-corrected chi connectivity index (χ2v) is 7.47. The Morgan fingerprint density at radius 1 is 1.21 bits per heavy atom. The zero-order valence-corrected chi connectivity index (χ0v) is 16.7. The number of fused-ring (bicyclic) bond motifs is 1. The number of rotatable bonds is 7. The van der Waals surface area contributed by atoms with Crippen molar-refractivity contribution < 1.29 is 23.8 Å². The van der Waals surface area contributed by atoms with E-state index in [2.05, 4.69) is 5.32 Å². The van der Waals surface area contributed by atoms with E-state index in [1.807, 2.05) is 48.9 Å². The minimum Gasteiger partial charge on any atom is -0.486 e. The quantitative estimate of drug-likeness (QED) is 0.567. The van der Waals surface area contributed by atoms with E-state index in [1.54, 1.807) is 17.4 Å². The molecule has 1 aliphatic rings. The Morgan fingerprint density at radius 3 is 2.71 bits per heavy atom. The van der Waals surface area contributed by atoms with Gasteiger partial charge in [0.05, 0.1) is 6.04 Å². The van der Waals surface area contributed by atoms with Gasteiger partial charge < -0.3 is 19.5 Å². The summed E-state index contributed by atoms with van der Waals surface area (Å²) in [5.74, 6) is 0.608. The van der Waals surface area contributed by atoms with Crippen LogP contribution in [0, 0.1) is 5.92 Å². The molecule has 0 radical (unpaired) electrons. The van der Waals surface area contributed by atoms with Gasteiger partial charge in [-0.1, -0.05) is 19.9 Å². The standard InChI is InChI=1S/C21H23NO5S/c1-14(2)21(16-4-5-17-18(11-16)26-9-8-25-17)22-19(23)12-27-20(24)6-3-15-7-10-28-13-15/h3-7,10-11,13-14,21H,8-9,12H2,1-2H3,(H,22,23)/b6-3+/t21-/m1/s1. The van der Waals surface area contributed by atoms with E-state index in [-0.39, 0.29) is 24.5 Å². The second kappa shape index (κ2) is 9.41. The molecule has 7 heteroatoms. The fourth-order valence-corrected chi connectivity index (χ4v) is 3.45. The third-order valence-corrected chi connectivity index (χ3v) is 4.91. The lowest BCUT2D eigenvalue weighted by Crippen LogP contribution is -2.35. The summed E-state index contributed by atoms with van der Waals surface area (Å²) < 4.78 is 16.2. The van der Waals surface area contributed by atoms with Crippen molar-refractivity contribution in [2.45, 2.75) is 19.9 Å². The summed E-state index contributed by atoms with van der Waals surface area (Å²) in [6.07, 6.45) is 2.97. The Bertz CT molecular complexity index is 844. The molecular weight excluding hydrogens is 378 g/mol. The van der Waals surface area contributed by atoms with Crippen LogP contribution in [0.3, 0.4) is 0 Å². The molecule has 0 spiro atoms. The lowest BCUT2D eigenvalue weighted by molar-refractivity contribution is -0.144. The van der Waals surface area contributed by atoms with Gasteiger partial charge in [-0.2, -0.15) is 11.3 Å². The van der Waals surface area contributed by atoms with E-state index in [4.69, 9.17) is 14.2 Å². The number of hydrogen-bond acceptors (Lipinski definition) is 6. The van der Waals surface area contributed by atoms with Crippen molar-refractivity contribution in [1.82, 2.24) is 5.32 Å². The van der Waals surface area contributed by atoms with E-state index >= 15 is 0 Å². The van der Waals surface area contributed by atoms with Crippen LogP contribution >= 0.6 is 11.3 Å². The van der Waals surface area contributed by atoms with Crippen LogP contribution in [0.25, 0.3) is 6.08 Å². The molecule has 2 aromatic rings. The third-order valence-electron chi connectivity index (χ3n) is 4.21. The van der Waals surface area contributed by atoms with Gasteiger partial charge in [-0.3, -0.25) is 4.79 Å². The summed E-state index contributed by atoms with van der Waals surface area (Å²) in [7, 11) is 0. The topological polar surface area (TPSA) is 73.9 Å². The zero-order valence-electron chi connectivity index (χ0n) is 15.8. The Kier molecular flexibility index (Phi) is 6.71. The second-order valence-electron chi connectivity index (χ2n) is 6.69. The van der Waals surface area contributed by atoms with E-state index in [0.717, 1.165) is 11.1 Å². The van der Waals surface area contributed by atoms with Crippen LogP contribution in [0.4, 0.5) is 0 Å². The minimum atomic E-state index is -0.554. The van der Waals surface area contributed by atoms with Crippen LogP contribution in [0.2, 0.25) is 0 Å². The van der Waals surface area contributed by atoms with E-state index in [9.17, 15) is 9.59 Å². The molecule has 0 saturated heterocycles. The molecule has 1 N–H and O–H groups in total. The Hall–Kier alpha value is -2.80. The van der Waals surface area contributed by atoms with Gasteiger partial charge in [-0.25, -0.2) is 4.79 Å². The lowest BCUT2D eigenvalue weighted by Gasteiger charge is -2.25. The van der Waals surface area contributed by atoms with Crippen LogP contribution in [-0.2, 0) is 14.3 Å². The van der Waals surface area contributed by atoms with Crippen LogP contribution in [-0.4, -0.2) is 31.7 Å². The van der Waals surface area contributed by atoms with Crippen LogP contribution in [0.5, 0.6) is 11.5 Å². The monoisotopic (exact) mass is 401 g/mol. The maximum Gasteiger partial charge on any atom is 0.331 e. The van der Waals surface area contributed by atoms with Gasteiger partial charge in [0.1, 0.15) is 13.2 Å². The molecule has 148 valence electrons. The fraction of sp³-hybridized carbons (Fsp3) is 0.333. The van der Waals surface area contributed by atoms with Crippen molar-refractivity contribution in [2.75, 3.05) is 19.8 Å². The average Bonchev–Trinajstić information content (AvgIpc) is 3.22. The molecule has 1 aliphatic heterocycles. The average molecular weight is 401 g/mol. The predicted octanol–water partition coefficient (Wildman–Crippen LogP) is 3.59. The highest BCUT2D eigenvalue weighted by atomic mass is 32.1. The summed E-state index contributed by atoms with van der Waals surface area (Å²) in [5.41, 5.74) is 1.83. The zero-order chi connectivity index (χ0) is 19.9. The number of esters is 1. The third kappa shape index (κ3) is 5.36. The number of nitrogens with one attached hydrogen (secondary N) is 1. The van der Waals surface area contributed by atoms with Crippen LogP contribution in [0.1, 0.15) is 31.0 Å². The summed E-state index contributed by atoms with van der Waals surface area (Å²) in [4.78, 5) is 24.1. The van der Waals surface area contributed by atoms with Gasteiger partial charge in [0.15, 0.2) is 18.1 Å². The molecule has 0 fully saturated rings. The van der Waals surface area contributed by atoms with E-state index in [0.29, 0.717) is 24.7 Å². The molecule has 28 heavy (non-hydrogen) atoms. The summed E-state index contributed by atoms with van der Waals surface area (Å²) in [6, 6.07) is 7.30. The lowest BCUT2D eigenvalue weighted by atomic mass is 9.95. The van der Waals surface area contributed by atoms with Gasteiger partial charge in [-0.15, -0.1) is 0 Å². The first-order valence-corrected chi connectivity index (χ1v) is 10.0. The Balaban J connectivity index is 1.56. The largest absolute Gasteiger partial charge is 0.486 e. The van der Waals surface area contributed by atoms with Crippen molar-refractivity contribution in [3.63, 3.8) is 0 Å². The molecule has 0 saturated carbocycles. The van der Waals surface area contributed by atoms with Gasteiger partial charge in [0.2, 0.25) is 0 Å². The number of thiophene rings is 1. The number of benzene rings is 1. The first kappa shape index (κ1) is 19.9. The van der Waals surface area contributed by atoms with Crippen molar-refractivity contribution in [3.05, 3.63) is 52.2 Å². The summed E-state index contributed by atoms with van der Waals surface area (Å²) in [5, 5.41) is 6.76. The number of carbonyl (C=O) groups excluding carboxylic acids is 2. The molecule has 3 rings (SSSR count). The van der Waals surface area contributed by atoms with Gasteiger partial charge in [-0.05, 0) is 52.1 Å². The van der Waals surface area contributed by atoms with E-state index in [1.165, 1.54) is 6.08 Å². The molecule has 1 aromatic carbocycles. The van der Waals surface area contributed by atoms with Gasteiger partial charge in [0, 0.05) is 6.08 Å². The Morgan fingerprint density at radius 2 is 2.00 bits per heavy atom. The Labute approximate surface area is 168 Å². The molecule has 0 unspecified atom stereocenters. The molecule has 0 aliphatic carbocycles. The van der Waals surface area contributed by atoms with Crippen LogP contribution < -0.4 is 14.8 Å². The van der Waals surface area contributed by atoms with Crippen LogP contribution in [0.15, 0.2) is 41.1 Å². The molecule has 1 aromatic heterocycles. The predicted molar refractivity (Wildman–Crippen MR) is 107 cm³/mol. The minimum absolute atomic E-state index is 0.140. The maximum absolute atomic E-state index is 12.3. The fourth-order valence-electron chi connectivity index (χ4n) is 2.82. The highest BCUT2D eigenvalue weighted by Crippen LogP contribution is 2.34. The van der Waals surface area contributed by atoms with Crippen molar-refractivity contribution in [2.24, 2.45) is 5.92 Å². The maximum atomic E-state index is 12.3. The SMILES string of the molecule is CC(C)[C@@H](NC(=O)COC(=O)/C=C/c1ccsc1)c1ccc2c(c1)OCCO2. The molecule has 2 heterocycles. The van der Waals surface area contributed by atoms with E-state index < -0.39 is 5.97 Å². The highest BCUT2D eigenvalue weighted by molar-refractivity contribution is 7.08. The van der Waals surface area contributed by atoms with Gasteiger partial charge >= 0.3 is 5.97 Å². The molecular formula is C21H23NO5S. The molecule has 0 bridgehead atoms. The number of carbonyl (C=O) groups is 2. The number of ether oxygens (including phenoxy) is 3. The van der Waals surface area contributed by atoms with Gasteiger partial charge in [0.25, 0.3) is 5.91 Å². The normalized spacial score (nSPS) is 14.1. The van der Waals surface area contributed by atoms with Crippen molar-refractivity contribution >= 4 is 29.3 Å². The summed E-state index contributed by atoms with van der Waals surface area (Å²) >= 11 is 1.54. The highest BCUT2D eigenvalue weighted by Gasteiger charge is 2.21. The molecule has 1 atom stereocenters. The van der Waals surface area contributed by atoms with Crippen molar-refractivity contribution in [3.8, 4) is 11.5 Å². The summed E-state index contributed by atoms with van der Waals surface area (Å²) in [6.45, 7) is 4.72. The molecule has 1 amide bonds. The first-order valence-electron chi connectivity index (χ1n) is 9.09. The molecule has 6 nitrogen and oxygen atoms in total.